The van der Waals surface area contributed by atoms with Gasteiger partial charge in [0, 0.05) is 11.1 Å². The number of rotatable bonds is 2. The van der Waals surface area contributed by atoms with Gasteiger partial charge in [-0.3, -0.25) is 4.79 Å². The Labute approximate surface area is 119 Å². The van der Waals surface area contributed by atoms with Crippen molar-refractivity contribution in [2.24, 2.45) is 5.41 Å². The molecule has 2 unspecified atom stereocenters. The van der Waals surface area contributed by atoms with Gasteiger partial charge < -0.3 is 10.2 Å². The van der Waals surface area contributed by atoms with E-state index in [9.17, 15) is 15.0 Å². The molecule has 3 nitrogen and oxygen atoms in total. The maximum absolute atomic E-state index is 12.3. The predicted molar refractivity (Wildman–Crippen MR) is 78.4 cm³/mol. The first-order valence-electron chi connectivity index (χ1n) is 6.67. The molecule has 0 spiro atoms. The molecule has 106 valence electrons. The zero-order chi connectivity index (χ0) is 15.0. The molecule has 0 aliphatic heterocycles. The van der Waals surface area contributed by atoms with Crippen LogP contribution >= 0.6 is 0 Å². The van der Waals surface area contributed by atoms with Crippen LogP contribution in [0.2, 0.25) is 0 Å². The lowest BCUT2D eigenvalue weighted by molar-refractivity contribution is -0.0883. The van der Waals surface area contributed by atoms with Crippen molar-refractivity contribution in [3.8, 4) is 0 Å². The summed E-state index contributed by atoms with van der Waals surface area (Å²) < 4.78 is 0. The van der Waals surface area contributed by atoms with Gasteiger partial charge in [-0.25, -0.2) is 0 Å². The third kappa shape index (κ3) is 2.47. The molecule has 0 heterocycles. The molecule has 3 heteroatoms. The Kier molecular flexibility index (Phi) is 3.67. The van der Waals surface area contributed by atoms with Gasteiger partial charge in [-0.05, 0) is 17.6 Å². The summed E-state index contributed by atoms with van der Waals surface area (Å²) in [7, 11) is 0. The van der Waals surface area contributed by atoms with E-state index in [0.717, 1.165) is 0 Å². The third-order valence-corrected chi connectivity index (χ3v) is 3.80. The normalized spacial score (nSPS) is 26.2. The van der Waals surface area contributed by atoms with Crippen LogP contribution in [0.1, 0.15) is 31.1 Å². The SMILES string of the molecule is CC(C)(C)C1(O)C=CC(C(=O)c2ccccc2)=CC1O. The quantitative estimate of drug-likeness (QED) is 0.813. The number of carbonyl (C=O) groups is 1. The fourth-order valence-electron chi connectivity index (χ4n) is 2.27. The molecule has 0 bridgehead atoms. The highest BCUT2D eigenvalue weighted by Crippen LogP contribution is 2.38. The topological polar surface area (TPSA) is 57.5 Å². The summed E-state index contributed by atoms with van der Waals surface area (Å²) in [6, 6.07) is 8.89. The molecule has 0 amide bonds. The fourth-order valence-corrected chi connectivity index (χ4v) is 2.27. The van der Waals surface area contributed by atoms with E-state index in [2.05, 4.69) is 0 Å². The second-order valence-corrected chi connectivity index (χ2v) is 6.17. The first-order valence-corrected chi connectivity index (χ1v) is 6.67. The van der Waals surface area contributed by atoms with Crippen molar-refractivity contribution in [2.75, 3.05) is 0 Å². The molecular weight excluding hydrogens is 252 g/mol. The molecule has 0 saturated heterocycles. The van der Waals surface area contributed by atoms with Crippen LogP contribution in [0.15, 0.2) is 54.1 Å². The van der Waals surface area contributed by atoms with Gasteiger partial charge in [0.15, 0.2) is 5.78 Å². The molecule has 2 N–H and O–H groups in total. The summed E-state index contributed by atoms with van der Waals surface area (Å²) in [6.07, 6.45) is 3.44. The lowest BCUT2D eigenvalue weighted by Gasteiger charge is -2.42. The summed E-state index contributed by atoms with van der Waals surface area (Å²) in [5.74, 6) is -0.156. The fraction of sp³-hybridized carbons (Fsp3) is 0.353. The Bertz CT molecular complexity index is 564. The van der Waals surface area contributed by atoms with Crippen LogP contribution in [0.4, 0.5) is 0 Å². The lowest BCUT2D eigenvalue weighted by atomic mass is 9.70. The zero-order valence-corrected chi connectivity index (χ0v) is 12.0. The van der Waals surface area contributed by atoms with Crippen LogP contribution < -0.4 is 0 Å². The van der Waals surface area contributed by atoms with E-state index in [-0.39, 0.29) is 5.78 Å². The predicted octanol–water partition coefficient (Wildman–Crippen LogP) is 2.50. The minimum atomic E-state index is -1.37. The molecule has 1 aromatic rings. The van der Waals surface area contributed by atoms with Gasteiger partial charge in [-0.15, -0.1) is 0 Å². The van der Waals surface area contributed by atoms with E-state index in [0.29, 0.717) is 11.1 Å². The third-order valence-electron chi connectivity index (χ3n) is 3.80. The molecule has 0 fully saturated rings. The molecule has 1 aromatic carbocycles. The first-order chi connectivity index (χ1) is 9.25. The molecule has 1 aliphatic carbocycles. The monoisotopic (exact) mass is 272 g/mol. The zero-order valence-electron chi connectivity index (χ0n) is 12.0. The van der Waals surface area contributed by atoms with Crippen LogP contribution in [0.5, 0.6) is 0 Å². The standard InChI is InChI=1S/C17H20O3/c1-16(2,3)17(20)10-9-13(11-14(17)18)15(19)12-7-5-4-6-8-12/h4-11,14,18,20H,1-3H3. The van der Waals surface area contributed by atoms with Gasteiger partial charge in [0.05, 0.1) is 0 Å². The summed E-state index contributed by atoms with van der Waals surface area (Å²) in [5, 5.41) is 20.8. The Hall–Kier alpha value is -1.71. The van der Waals surface area contributed by atoms with Crippen molar-refractivity contribution in [1.82, 2.24) is 0 Å². The minimum Gasteiger partial charge on any atom is -0.386 e. The van der Waals surface area contributed by atoms with Gasteiger partial charge in [0.25, 0.3) is 0 Å². The van der Waals surface area contributed by atoms with Crippen LogP contribution in [-0.4, -0.2) is 27.7 Å². The molecule has 20 heavy (non-hydrogen) atoms. The number of hydrogen-bond donors (Lipinski definition) is 2. The number of aliphatic hydroxyl groups excluding tert-OH is 1. The summed E-state index contributed by atoms with van der Waals surface area (Å²) >= 11 is 0. The van der Waals surface area contributed by atoms with Crippen molar-refractivity contribution in [2.45, 2.75) is 32.5 Å². The van der Waals surface area contributed by atoms with E-state index in [1.165, 1.54) is 12.2 Å². The molecule has 0 saturated carbocycles. The second-order valence-electron chi connectivity index (χ2n) is 6.17. The summed E-state index contributed by atoms with van der Waals surface area (Å²) in [5.41, 5.74) is -0.928. The smallest absolute Gasteiger partial charge is 0.192 e. The first kappa shape index (κ1) is 14.7. The average molecular weight is 272 g/mol. The van der Waals surface area contributed by atoms with Gasteiger partial charge in [0.2, 0.25) is 0 Å². The van der Waals surface area contributed by atoms with Crippen LogP contribution in [0.3, 0.4) is 0 Å². The minimum absolute atomic E-state index is 0.156. The van der Waals surface area contributed by atoms with E-state index in [1.54, 1.807) is 30.3 Å². The molecule has 0 radical (unpaired) electrons. The number of carbonyl (C=O) groups excluding carboxylic acids is 1. The highest BCUT2D eigenvalue weighted by molar-refractivity contribution is 6.10. The van der Waals surface area contributed by atoms with Gasteiger partial charge >= 0.3 is 0 Å². The number of allylic oxidation sites excluding steroid dienone is 2. The number of Topliss-reactive ketones (excluding diaryl/α,β-unsaturated/α-hetero) is 1. The van der Waals surface area contributed by atoms with E-state index < -0.39 is 17.1 Å². The average Bonchev–Trinajstić information content (AvgIpc) is 2.41. The number of hydrogen-bond acceptors (Lipinski definition) is 3. The van der Waals surface area contributed by atoms with E-state index in [1.807, 2.05) is 26.8 Å². The van der Waals surface area contributed by atoms with Crippen molar-refractivity contribution in [3.05, 3.63) is 59.7 Å². The molecular formula is C17H20O3. The number of aliphatic hydroxyl groups is 2. The Morgan fingerprint density at radius 3 is 2.30 bits per heavy atom. The lowest BCUT2D eigenvalue weighted by Crippen LogP contribution is -2.51. The molecule has 0 aromatic heterocycles. The van der Waals surface area contributed by atoms with Gasteiger partial charge in [0.1, 0.15) is 11.7 Å². The molecule has 1 aliphatic rings. The summed E-state index contributed by atoms with van der Waals surface area (Å²) in [4.78, 5) is 12.3. The van der Waals surface area contributed by atoms with Crippen molar-refractivity contribution < 1.29 is 15.0 Å². The molecule has 2 rings (SSSR count). The molecule has 2 atom stereocenters. The van der Waals surface area contributed by atoms with Gasteiger partial charge in [-0.2, -0.15) is 0 Å². The van der Waals surface area contributed by atoms with Crippen LogP contribution in [0.25, 0.3) is 0 Å². The van der Waals surface area contributed by atoms with E-state index in [4.69, 9.17) is 0 Å². The van der Waals surface area contributed by atoms with Crippen LogP contribution in [-0.2, 0) is 0 Å². The number of ketones is 1. The maximum Gasteiger partial charge on any atom is 0.192 e. The highest BCUT2D eigenvalue weighted by atomic mass is 16.3. The second kappa shape index (κ2) is 5.00. The Morgan fingerprint density at radius 2 is 1.80 bits per heavy atom. The van der Waals surface area contributed by atoms with Crippen molar-refractivity contribution in [3.63, 3.8) is 0 Å². The van der Waals surface area contributed by atoms with Crippen molar-refractivity contribution in [1.29, 1.82) is 0 Å². The highest BCUT2D eigenvalue weighted by Gasteiger charge is 2.45. The Morgan fingerprint density at radius 1 is 1.20 bits per heavy atom. The van der Waals surface area contributed by atoms with Crippen molar-refractivity contribution >= 4 is 5.78 Å². The van der Waals surface area contributed by atoms with Crippen LogP contribution in [0, 0.1) is 5.41 Å². The largest absolute Gasteiger partial charge is 0.386 e. The van der Waals surface area contributed by atoms with Gasteiger partial charge in [-0.1, -0.05) is 57.2 Å². The maximum atomic E-state index is 12.3. The Balaban J connectivity index is 2.30. The van der Waals surface area contributed by atoms with E-state index >= 15 is 0 Å². The number of benzene rings is 1. The summed E-state index contributed by atoms with van der Waals surface area (Å²) in [6.45, 7) is 5.54.